The van der Waals surface area contributed by atoms with E-state index in [-0.39, 0.29) is 12.5 Å². The molecular formula is C13H19NO2S. The molecule has 0 spiro atoms. The Balaban J connectivity index is 2.65. The molecule has 0 saturated carbocycles. The van der Waals surface area contributed by atoms with Gasteiger partial charge in [-0.2, -0.15) is 0 Å². The standard InChI is InChI=1S/C13H19NO2S/c1-9-6-10(2)13(11(3)7-9)14-12(16)8-17-5-4-15/h6-7,15H,4-5,8H2,1-3H3,(H,14,16). The fourth-order valence-electron chi connectivity index (χ4n) is 1.78. The molecule has 0 aliphatic heterocycles. The van der Waals surface area contributed by atoms with E-state index >= 15 is 0 Å². The highest BCUT2D eigenvalue weighted by molar-refractivity contribution is 7.99. The van der Waals surface area contributed by atoms with E-state index < -0.39 is 0 Å². The molecule has 1 rings (SSSR count). The minimum atomic E-state index is -0.0153. The van der Waals surface area contributed by atoms with Gasteiger partial charge in [-0.3, -0.25) is 4.79 Å². The van der Waals surface area contributed by atoms with Crippen molar-refractivity contribution in [2.24, 2.45) is 0 Å². The number of rotatable bonds is 5. The molecule has 1 aromatic rings. The van der Waals surface area contributed by atoms with E-state index in [1.807, 2.05) is 20.8 Å². The van der Waals surface area contributed by atoms with Crippen molar-refractivity contribution in [3.63, 3.8) is 0 Å². The second-order valence-corrected chi connectivity index (χ2v) is 5.20. The number of aryl methyl sites for hydroxylation is 3. The van der Waals surface area contributed by atoms with Crippen LogP contribution in [0.2, 0.25) is 0 Å². The van der Waals surface area contributed by atoms with Crippen LogP contribution in [0.4, 0.5) is 5.69 Å². The Hall–Kier alpha value is -1.00. The van der Waals surface area contributed by atoms with Crippen LogP contribution in [0.3, 0.4) is 0 Å². The third kappa shape index (κ3) is 4.40. The van der Waals surface area contributed by atoms with Crippen molar-refractivity contribution in [1.29, 1.82) is 0 Å². The van der Waals surface area contributed by atoms with Crippen LogP contribution in [0.5, 0.6) is 0 Å². The number of aliphatic hydroxyl groups excluding tert-OH is 1. The average molecular weight is 253 g/mol. The number of hydrogen-bond acceptors (Lipinski definition) is 3. The highest BCUT2D eigenvalue weighted by Gasteiger charge is 2.07. The zero-order valence-electron chi connectivity index (χ0n) is 10.5. The molecule has 0 aliphatic rings. The molecule has 0 aliphatic carbocycles. The molecule has 0 radical (unpaired) electrons. The minimum absolute atomic E-state index is 0.0153. The summed E-state index contributed by atoms with van der Waals surface area (Å²) in [5.41, 5.74) is 4.28. The fourth-order valence-corrected chi connectivity index (χ4v) is 2.31. The molecule has 1 aromatic carbocycles. The number of nitrogens with one attached hydrogen (secondary N) is 1. The lowest BCUT2D eigenvalue weighted by Gasteiger charge is -2.12. The van der Waals surface area contributed by atoms with Gasteiger partial charge in [0.25, 0.3) is 0 Å². The van der Waals surface area contributed by atoms with E-state index in [9.17, 15) is 4.79 Å². The Bertz CT molecular complexity index is 381. The van der Waals surface area contributed by atoms with Gasteiger partial charge in [-0.05, 0) is 31.9 Å². The maximum Gasteiger partial charge on any atom is 0.234 e. The highest BCUT2D eigenvalue weighted by atomic mass is 32.2. The minimum Gasteiger partial charge on any atom is -0.396 e. The molecule has 17 heavy (non-hydrogen) atoms. The van der Waals surface area contributed by atoms with Crippen LogP contribution < -0.4 is 5.32 Å². The van der Waals surface area contributed by atoms with Crippen molar-refractivity contribution >= 4 is 23.4 Å². The van der Waals surface area contributed by atoms with E-state index in [4.69, 9.17) is 5.11 Å². The second kappa shape index (κ2) is 6.67. The third-order valence-electron chi connectivity index (χ3n) is 2.41. The van der Waals surface area contributed by atoms with Crippen LogP contribution in [-0.4, -0.2) is 29.1 Å². The molecule has 0 bridgehead atoms. The van der Waals surface area contributed by atoms with Crippen LogP contribution >= 0.6 is 11.8 Å². The average Bonchev–Trinajstić information content (AvgIpc) is 2.24. The summed E-state index contributed by atoms with van der Waals surface area (Å²) in [4.78, 5) is 11.7. The number of anilines is 1. The number of carbonyl (C=O) groups is 1. The van der Waals surface area contributed by atoms with E-state index in [1.54, 1.807) is 0 Å². The molecule has 2 N–H and O–H groups in total. The Morgan fingerprint density at radius 1 is 1.29 bits per heavy atom. The second-order valence-electron chi connectivity index (χ2n) is 4.10. The number of benzene rings is 1. The predicted octanol–water partition coefficient (Wildman–Crippen LogP) is 2.28. The molecule has 0 aromatic heterocycles. The zero-order valence-corrected chi connectivity index (χ0v) is 11.4. The molecule has 1 amide bonds. The first kappa shape index (κ1) is 14.1. The molecule has 4 heteroatoms. The summed E-state index contributed by atoms with van der Waals surface area (Å²) >= 11 is 1.43. The lowest BCUT2D eigenvalue weighted by Crippen LogP contribution is -2.16. The van der Waals surface area contributed by atoms with Crippen LogP contribution in [0.25, 0.3) is 0 Å². The van der Waals surface area contributed by atoms with Crippen molar-refractivity contribution in [1.82, 2.24) is 0 Å². The highest BCUT2D eigenvalue weighted by Crippen LogP contribution is 2.22. The number of thioether (sulfide) groups is 1. The SMILES string of the molecule is Cc1cc(C)c(NC(=O)CSCCO)c(C)c1. The van der Waals surface area contributed by atoms with Gasteiger partial charge in [0.05, 0.1) is 12.4 Å². The zero-order chi connectivity index (χ0) is 12.8. The molecule has 0 fully saturated rings. The van der Waals surface area contributed by atoms with E-state index in [2.05, 4.69) is 17.4 Å². The van der Waals surface area contributed by atoms with Gasteiger partial charge in [0.1, 0.15) is 0 Å². The van der Waals surface area contributed by atoms with Crippen molar-refractivity contribution in [2.45, 2.75) is 20.8 Å². The molecule has 94 valence electrons. The van der Waals surface area contributed by atoms with Crippen LogP contribution in [0.15, 0.2) is 12.1 Å². The quantitative estimate of drug-likeness (QED) is 0.791. The lowest BCUT2D eigenvalue weighted by atomic mass is 10.1. The maximum absolute atomic E-state index is 11.7. The Kier molecular flexibility index (Phi) is 5.51. The van der Waals surface area contributed by atoms with Gasteiger partial charge in [-0.15, -0.1) is 11.8 Å². The van der Waals surface area contributed by atoms with Gasteiger partial charge in [0, 0.05) is 11.4 Å². The Labute approximate surface area is 107 Å². The lowest BCUT2D eigenvalue weighted by molar-refractivity contribution is -0.113. The Morgan fingerprint density at radius 2 is 1.88 bits per heavy atom. The summed E-state index contributed by atoms with van der Waals surface area (Å²) in [5, 5.41) is 11.6. The van der Waals surface area contributed by atoms with Crippen LogP contribution in [0, 0.1) is 20.8 Å². The summed E-state index contributed by atoms with van der Waals surface area (Å²) in [6.07, 6.45) is 0. The molecule has 0 unspecified atom stereocenters. The van der Waals surface area contributed by atoms with Gasteiger partial charge < -0.3 is 10.4 Å². The van der Waals surface area contributed by atoms with E-state index in [0.717, 1.165) is 16.8 Å². The van der Waals surface area contributed by atoms with Crippen molar-refractivity contribution in [3.05, 3.63) is 28.8 Å². The van der Waals surface area contributed by atoms with Crippen molar-refractivity contribution in [3.8, 4) is 0 Å². The molecular weight excluding hydrogens is 234 g/mol. The number of carbonyl (C=O) groups excluding carboxylic acids is 1. The molecule has 0 atom stereocenters. The van der Waals surface area contributed by atoms with Gasteiger partial charge in [-0.25, -0.2) is 0 Å². The fraction of sp³-hybridized carbons (Fsp3) is 0.462. The van der Waals surface area contributed by atoms with Gasteiger partial charge in [0.2, 0.25) is 5.91 Å². The van der Waals surface area contributed by atoms with Gasteiger partial charge in [0.15, 0.2) is 0 Å². The largest absolute Gasteiger partial charge is 0.396 e. The normalized spacial score (nSPS) is 10.4. The molecule has 0 saturated heterocycles. The first-order chi connectivity index (χ1) is 8.04. The van der Waals surface area contributed by atoms with E-state index in [1.165, 1.54) is 17.3 Å². The number of hydrogen-bond donors (Lipinski definition) is 2. The van der Waals surface area contributed by atoms with Crippen LogP contribution in [-0.2, 0) is 4.79 Å². The maximum atomic E-state index is 11.7. The first-order valence-corrected chi connectivity index (χ1v) is 6.76. The first-order valence-electron chi connectivity index (χ1n) is 5.61. The van der Waals surface area contributed by atoms with Crippen LogP contribution in [0.1, 0.15) is 16.7 Å². The summed E-state index contributed by atoms with van der Waals surface area (Å²) < 4.78 is 0. The topological polar surface area (TPSA) is 49.3 Å². The summed E-state index contributed by atoms with van der Waals surface area (Å²) in [5.74, 6) is 0.963. The van der Waals surface area contributed by atoms with Crippen molar-refractivity contribution < 1.29 is 9.90 Å². The van der Waals surface area contributed by atoms with Crippen molar-refractivity contribution in [2.75, 3.05) is 23.4 Å². The predicted molar refractivity (Wildman–Crippen MR) is 73.7 cm³/mol. The van der Waals surface area contributed by atoms with Gasteiger partial charge in [-0.1, -0.05) is 17.7 Å². The summed E-state index contributed by atoms with van der Waals surface area (Å²) in [7, 11) is 0. The van der Waals surface area contributed by atoms with Gasteiger partial charge >= 0.3 is 0 Å². The third-order valence-corrected chi connectivity index (χ3v) is 3.35. The smallest absolute Gasteiger partial charge is 0.234 e. The number of aliphatic hydroxyl groups is 1. The Morgan fingerprint density at radius 3 is 2.41 bits per heavy atom. The molecule has 3 nitrogen and oxygen atoms in total. The molecule has 0 heterocycles. The monoisotopic (exact) mass is 253 g/mol. The number of amides is 1. The van der Waals surface area contributed by atoms with E-state index in [0.29, 0.717) is 11.5 Å². The summed E-state index contributed by atoms with van der Waals surface area (Å²) in [6, 6.07) is 4.12. The summed E-state index contributed by atoms with van der Waals surface area (Å²) in [6.45, 7) is 6.15.